The van der Waals surface area contributed by atoms with Crippen molar-refractivity contribution in [3.05, 3.63) is 51.2 Å². The number of fused-ring (bicyclic) bond motifs is 1. The molecule has 0 bridgehead atoms. The predicted molar refractivity (Wildman–Crippen MR) is 99.1 cm³/mol. The smallest absolute Gasteiger partial charge is 0.264 e. The number of hydrogen-bond acceptors (Lipinski definition) is 3. The zero-order valence-corrected chi connectivity index (χ0v) is 15.5. The highest BCUT2D eigenvalue weighted by Gasteiger charge is 2.24. The first-order valence-electron chi connectivity index (χ1n) is 8.63. The van der Waals surface area contributed by atoms with E-state index >= 15 is 0 Å². The van der Waals surface area contributed by atoms with Crippen molar-refractivity contribution in [3.8, 4) is 5.75 Å². The van der Waals surface area contributed by atoms with Gasteiger partial charge in [-0.3, -0.25) is 4.79 Å². The minimum absolute atomic E-state index is 0.0319. The molecule has 0 N–H and O–H groups in total. The molecular formula is C20H25NO2S. The fourth-order valence-corrected chi connectivity index (χ4v) is 4.58. The Kier molecular flexibility index (Phi) is 5.24. The standard InChI is InChI=1S/C20H25NO2S/c1-14(16-10-7-8-11-17(16)23-3)21(2)20(22)19-13-15-9-5-4-6-12-18(15)24-19/h7-8,10-11,13-14H,4-6,9,12H2,1-3H3/t14-/m1/s1. The lowest BCUT2D eigenvalue weighted by Crippen LogP contribution is -2.29. The number of benzene rings is 1. The zero-order valence-electron chi connectivity index (χ0n) is 14.7. The Bertz CT molecular complexity index is 699. The molecule has 3 rings (SSSR count). The molecule has 1 aromatic heterocycles. The van der Waals surface area contributed by atoms with E-state index in [0.29, 0.717) is 0 Å². The van der Waals surface area contributed by atoms with E-state index in [1.165, 1.54) is 29.7 Å². The molecular weight excluding hydrogens is 318 g/mol. The van der Waals surface area contributed by atoms with Gasteiger partial charge >= 0.3 is 0 Å². The average molecular weight is 343 g/mol. The van der Waals surface area contributed by atoms with E-state index in [-0.39, 0.29) is 11.9 Å². The first kappa shape index (κ1) is 17.0. The van der Waals surface area contributed by atoms with Gasteiger partial charge < -0.3 is 9.64 Å². The summed E-state index contributed by atoms with van der Waals surface area (Å²) in [6, 6.07) is 10.00. The van der Waals surface area contributed by atoms with Crippen molar-refractivity contribution in [2.24, 2.45) is 0 Å². The van der Waals surface area contributed by atoms with Crippen molar-refractivity contribution >= 4 is 17.2 Å². The highest BCUT2D eigenvalue weighted by molar-refractivity contribution is 7.14. The maximum Gasteiger partial charge on any atom is 0.264 e. The quantitative estimate of drug-likeness (QED) is 0.742. The van der Waals surface area contributed by atoms with Crippen LogP contribution in [0.4, 0.5) is 0 Å². The molecule has 1 aliphatic carbocycles. The van der Waals surface area contributed by atoms with E-state index in [1.54, 1.807) is 18.4 Å². The normalized spacial score (nSPS) is 15.3. The Morgan fingerprint density at radius 1 is 1.21 bits per heavy atom. The molecule has 4 heteroatoms. The lowest BCUT2D eigenvalue weighted by atomic mass is 10.1. The van der Waals surface area contributed by atoms with E-state index in [4.69, 9.17) is 4.74 Å². The molecule has 0 fully saturated rings. The molecule has 0 saturated heterocycles. The molecule has 24 heavy (non-hydrogen) atoms. The Morgan fingerprint density at radius 2 is 1.96 bits per heavy atom. The summed E-state index contributed by atoms with van der Waals surface area (Å²) < 4.78 is 5.45. The number of amides is 1. The summed E-state index contributed by atoms with van der Waals surface area (Å²) in [7, 11) is 3.55. The number of hydrogen-bond donors (Lipinski definition) is 0. The van der Waals surface area contributed by atoms with Gasteiger partial charge in [-0.25, -0.2) is 0 Å². The van der Waals surface area contributed by atoms with Gasteiger partial charge in [-0.05, 0) is 50.3 Å². The molecule has 1 amide bonds. The van der Waals surface area contributed by atoms with Gasteiger partial charge in [-0.15, -0.1) is 11.3 Å². The highest BCUT2D eigenvalue weighted by Crippen LogP contribution is 2.33. The number of thiophene rings is 1. The number of carbonyl (C=O) groups is 1. The van der Waals surface area contributed by atoms with Crippen LogP contribution in [0.15, 0.2) is 30.3 Å². The van der Waals surface area contributed by atoms with E-state index in [0.717, 1.165) is 29.0 Å². The first-order valence-corrected chi connectivity index (χ1v) is 9.45. The van der Waals surface area contributed by atoms with Crippen LogP contribution >= 0.6 is 11.3 Å². The van der Waals surface area contributed by atoms with Gasteiger partial charge in [0.05, 0.1) is 18.0 Å². The Labute approximate surface area is 148 Å². The molecule has 1 atom stereocenters. The summed E-state index contributed by atoms with van der Waals surface area (Å²) in [4.78, 5) is 17.1. The third-order valence-corrected chi connectivity index (χ3v) is 6.17. The van der Waals surface area contributed by atoms with E-state index in [9.17, 15) is 4.79 Å². The highest BCUT2D eigenvalue weighted by atomic mass is 32.1. The number of methoxy groups -OCH3 is 1. The van der Waals surface area contributed by atoms with Gasteiger partial charge in [0.25, 0.3) is 5.91 Å². The van der Waals surface area contributed by atoms with Crippen molar-refractivity contribution in [2.45, 2.75) is 45.1 Å². The molecule has 0 radical (unpaired) electrons. The predicted octanol–water partition coefficient (Wildman–Crippen LogP) is 4.86. The SMILES string of the molecule is COc1ccccc1[C@@H](C)N(C)C(=O)c1cc2c(s1)CCCCC2. The van der Waals surface area contributed by atoms with Crippen molar-refractivity contribution < 1.29 is 9.53 Å². The Balaban J connectivity index is 1.81. The van der Waals surface area contributed by atoms with Crippen LogP contribution in [0.1, 0.15) is 57.9 Å². The second-order valence-electron chi connectivity index (χ2n) is 6.45. The zero-order chi connectivity index (χ0) is 17.1. The lowest BCUT2D eigenvalue weighted by molar-refractivity contribution is 0.0746. The molecule has 0 aliphatic heterocycles. The van der Waals surface area contributed by atoms with Gasteiger partial charge in [0.15, 0.2) is 0 Å². The number of rotatable bonds is 4. The van der Waals surface area contributed by atoms with E-state index in [2.05, 4.69) is 6.07 Å². The Morgan fingerprint density at radius 3 is 2.75 bits per heavy atom. The molecule has 3 nitrogen and oxygen atoms in total. The van der Waals surface area contributed by atoms with Crippen molar-refractivity contribution in [1.82, 2.24) is 4.90 Å². The summed E-state index contributed by atoms with van der Waals surface area (Å²) in [5.74, 6) is 0.929. The monoisotopic (exact) mass is 343 g/mol. The van der Waals surface area contributed by atoms with Crippen molar-refractivity contribution in [2.75, 3.05) is 14.2 Å². The number of carbonyl (C=O) groups excluding carboxylic acids is 1. The van der Waals surface area contributed by atoms with Crippen LogP contribution in [0.25, 0.3) is 0 Å². The lowest BCUT2D eigenvalue weighted by Gasteiger charge is -2.26. The van der Waals surface area contributed by atoms with Gasteiger partial charge in [-0.1, -0.05) is 24.6 Å². The van der Waals surface area contributed by atoms with Crippen molar-refractivity contribution in [1.29, 1.82) is 0 Å². The molecule has 128 valence electrons. The fourth-order valence-electron chi connectivity index (χ4n) is 3.34. The number of para-hydroxylation sites is 1. The minimum atomic E-state index is -0.0319. The fraction of sp³-hybridized carbons (Fsp3) is 0.450. The molecule has 0 unspecified atom stereocenters. The second-order valence-corrected chi connectivity index (χ2v) is 7.59. The van der Waals surface area contributed by atoms with Gasteiger partial charge in [0, 0.05) is 17.5 Å². The van der Waals surface area contributed by atoms with Crippen LogP contribution in [-0.4, -0.2) is 25.0 Å². The van der Waals surface area contributed by atoms with E-state index < -0.39 is 0 Å². The first-order chi connectivity index (χ1) is 11.6. The largest absolute Gasteiger partial charge is 0.496 e. The summed E-state index contributed by atoms with van der Waals surface area (Å²) in [6.07, 6.45) is 6.03. The summed E-state index contributed by atoms with van der Waals surface area (Å²) in [5.41, 5.74) is 2.42. The van der Waals surface area contributed by atoms with Crippen LogP contribution in [0.5, 0.6) is 5.75 Å². The van der Waals surface area contributed by atoms with Crippen LogP contribution in [0, 0.1) is 0 Å². The maximum absolute atomic E-state index is 13.0. The third kappa shape index (κ3) is 3.34. The molecule has 0 spiro atoms. The van der Waals surface area contributed by atoms with Crippen LogP contribution in [-0.2, 0) is 12.8 Å². The van der Waals surface area contributed by atoms with Crippen LogP contribution < -0.4 is 4.74 Å². The van der Waals surface area contributed by atoms with E-state index in [1.807, 2.05) is 43.1 Å². The molecule has 0 saturated carbocycles. The second kappa shape index (κ2) is 7.39. The summed E-state index contributed by atoms with van der Waals surface area (Å²) in [5, 5.41) is 0. The van der Waals surface area contributed by atoms with Crippen LogP contribution in [0.2, 0.25) is 0 Å². The minimum Gasteiger partial charge on any atom is -0.496 e. The number of ether oxygens (including phenoxy) is 1. The van der Waals surface area contributed by atoms with Gasteiger partial charge in [0.2, 0.25) is 0 Å². The number of nitrogens with zero attached hydrogens (tertiary/aromatic N) is 1. The van der Waals surface area contributed by atoms with Gasteiger partial charge in [-0.2, -0.15) is 0 Å². The maximum atomic E-state index is 13.0. The van der Waals surface area contributed by atoms with Crippen LogP contribution in [0.3, 0.4) is 0 Å². The number of aryl methyl sites for hydroxylation is 2. The molecule has 1 aromatic carbocycles. The Hall–Kier alpha value is -1.81. The molecule has 1 aliphatic rings. The molecule has 2 aromatic rings. The third-order valence-electron chi connectivity index (χ3n) is 4.95. The average Bonchev–Trinajstić information content (AvgIpc) is 2.90. The van der Waals surface area contributed by atoms with Crippen molar-refractivity contribution in [3.63, 3.8) is 0 Å². The topological polar surface area (TPSA) is 29.5 Å². The summed E-state index contributed by atoms with van der Waals surface area (Å²) in [6.45, 7) is 2.05. The van der Waals surface area contributed by atoms with Gasteiger partial charge in [0.1, 0.15) is 5.75 Å². The molecule has 1 heterocycles. The summed E-state index contributed by atoms with van der Waals surface area (Å²) >= 11 is 1.69.